The molecule has 3 N–H and O–H groups in total. The molecule has 2 aromatic heterocycles. The van der Waals surface area contributed by atoms with Crippen LogP contribution in [-0.2, 0) is 32.5 Å². The number of nitrogens with zero attached hydrogens (tertiary/aromatic N) is 5. The molecule has 0 fully saturated rings. The first-order chi connectivity index (χ1) is 19.3. The summed E-state index contributed by atoms with van der Waals surface area (Å²) in [5.41, 5.74) is 7.25. The molecule has 4 aromatic rings. The van der Waals surface area contributed by atoms with Gasteiger partial charge in [-0.05, 0) is 48.7 Å². The third-order valence-corrected chi connectivity index (χ3v) is 7.11. The van der Waals surface area contributed by atoms with Gasteiger partial charge in [-0.3, -0.25) is 18.8 Å². The van der Waals surface area contributed by atoms with Crippen molar-refractivity contribution in [2.24, 2.45) is 0 Å². The smallest absolute Gasteiger partial charge is 0.332 e. The number of nitrogens with two attached hydrogens (primary N) is 1. The second kappa shape index (κ2) is 13.0. The van der Waals surface area contributed by atoms with Gasteiger partial charge in [0.05, 0.1) is 6.61 Å². The van der Waals surface area contributed by atoms with Crippen molar-refractivity contribution in [1.29, 1.82) is 0 Å². The van der Waals surface area contributed by atoms with Gasteiger partial charge in [0, 0.05) is 50.9 Å². The first-order valence-corrected chi connectivity index (χ1v) is 13.6. The molecule has 0 atom stereocenters. The predicted octanol–water partition coefficient (Wildman–Crippen LogP) is 2.78. The van der Waals surface area contributed by atoms with Crippen molar-refractivity contribution in [2.45, 2.75) is 52.7 Å². The molecule has 4 rings (SSSR count). The predicted molar refractivity (Wildman–Crippen MR) is 151 cm³/mol. The molecule has 0 spiro atoms. The van der Waals surface area contributed by atoms with E-state index in [4.69, 9.17) is 10.7 Å². The molecule has 0 unspecified atom stereocenters. The van der Waals surface area contributed by atoms with Crippen LogP contribution in [0.5, 0.6) is 0 Å². The Morgan fingerprint density at radius 3 is 2.35 bits per heavy atom. The van der Waals surface area contributed by atoms with Gasteiger partial charge in [-0.2, -0.15) is 0 Å². The van der Waals surface area contributed by atoms with E-state index in [-0.39, 0.29) is 42.8 Å². The van der Waals surface area contributed by atoms with Crippen LogP contribution >= 0.6 is 0 Å². The lowest BCUT2D eigenvalue weighted by Crippen LogP contribution is -2.41. The van der Waals surface area contributed by atoms with E-state index in [1.54, 1.807) is 16.7 Å². The van der Waals surface area contributed by atoms with Gasteiger partial charge in [0.2, 0.25) is 0 Å². The first-order valence-electron chi connectivity index (χ1n) is 13.6. The molecule has 214 valence electrons. The topological polar surface area (TPSA) is 111 Å². The maximum absolute atomic E-state index is 14.7. The normalized spacial score (nSPS) is 11.7. The number of aliphatic hydroxyl groups excluding tert-OH is 1. The van der Waals surface area contributed by atoms with E-state index in [9.17, 15) is 23.5 Å². The highest BCUT2D eigenvalue weighted by Gasteiger charge is 2.23. The Labute approximate surface area is 231 Å². The number of rotatable bonds is 13. The lowest BCUT2D eigenvalue weighted by Gasteiger charge is -2.20. The van der Waals surface area contributed by atoms with E-state index in [0.717, 1.165) is 11.6 Å². The maximum Gasteiger partial charge on any atom is 0.332 e. The Morgan fingerprint density at radius 2 is 1.70 bits per heavy atom. The van der Waals surface area contributed by atoms with E-state index in [2.05, 4.69) is 0 Å². The second-order valence-corrected chi connectivity index (χ2v) is 9.80. The number of anilines is 1. The van der Waals surface area contributed by atoms with Gasteiger partial charge >= 0.3 is 5.69 Å². The summed E-state index contributed by atoms with van der Waals surface area (Å²) in [4.78, 5) is 34.1. The summed E-state index contributed by atoms with van der Waals surface area (Å²) >= 11 is 0. The quantitative estimate of drug-likeness (QED) is 0.246. The molecule has 0 aliphatic heterocycles. The Balaban J connectivity index is 1.88. The lowest BCUT2D eigenvalue weighted by molar-refractivity contribution is 0.197. The van der Waals surface area contributed by atoms with Crippen LogP contribution in [0.25, 0.3) is 11.2 Å². The van der Waals surface area contributed by atoms with Crippen LogP contribution in [0.15, 0.2) is 52.1 Å². The molecule has 2 heterocycles. The van der Waals surface area contributed by atoms with Gasteiger partial charge in [-0.25, -0.2) is 18.6 Å². The fourth-order valence-electron chi connectivity index (χ4n) is 4.91. The maximum atomic E-state index is 14.7. The Kier molecular flexibility index (Phi) is 9.49. The molecular formula is C29H36F2N6O3. The molecule has 11 heteroatoms. The summed E-state index contributed by atoms with van der Waals surface area (Å²) in [7, 11) is 0. The van der Waals surface area contributed by atoms with Crippen molar-refractivity contribution >= 4 is 16.9 Å². The standard InChI is InChI=1S/C29H36F2N6O3/c1-3-12-37-28(39)26-27(36(29(37)40)13-11-20-5-9-23(32)10-6-20)33-25(18-21-7-8-22(30)19-24(21)31)35(26)15-14-34(4-2)16-17-38/h5-10,19,38H,3-4,11-18,32H2,1-2H3. The summed E-state index contributed by atoms with van der Waals surface area (Å²) in [6.07, 6.45) is 1.10. The van der Waals surface area contributed by atoms with Crippen LogP contribution in [0.4, 0.5) is 14.5 Å². The van der Waals surface area contributed by atoms with Crippen LogP contribution in [-0.4, -0.2) is 54.9 Å². The molecular weight excluding hydrogens is 518 g/mol. The zero-order chi connectivity index (χ0) is 28.8. The highest BCUT2D eigenvalue weighted by molar-refractivity contribution is 5.71. The number of halogens is 2. The Bertz CT molecular complexity index is 1580. The Hall–Kier alpha value is -3.83. The number of aliphatic hydroxyl groups is 1. The molecule has 0 amide bonds. The summed E-state index contributed by atoms with van der Waals surface area (Å²) < 4.78 is 32.7. The van der Waals surface area contributed by atoms with Crippen molar-refractivity contribution in [3.8, 4) is 0 Å². The minimum atomic E-state index is -0.710. The fourth-order valence-corrected chi connectivity index (χ4v) is 4.91. The number of fused-ring (bicyclic) bond motifs is 1. The number of likely N-dealkylation sites (N-methyl/N-ethyl adjacent to an activating group) is 1. The molecule has 9 nitrogen and oxygen atoms in total. The van der Waals surface area contributed by atoms with E-state index >= 15 is 0 Å². The molecule has 0 radical (unpaired) electrons. The number of hydrogen-bond donors (Lipinski definition) is 2. The van der Waals surface area contributed by atoms with Gasteiger partial charge in [0.25, 0.3) is 5.56 Å². The lowest BCUT2D eigenvalue weighted by atomic mass is 10.1. The minimum absolute atomic E-state index is 0.00624. The zero-order valence-corrected chi connectivity index (χ0v) is 22.9. The van der Waals surface area contributed by atoms with Gasteiger partial charge in [0.15, 0.2) is 11.2 Å². The van der Waals surface area contributed by atoms with E-state index in [1.165, 1.54) is 21.3 Å². The molecule has 40 heavy (non-hydrogen) atoms. The monoisotopic (exact) mass is 554 g/mol. The van der Waals surface area contributed by atoms with Crippen molar-refractivity contribution in [2.75, 3.05) is 32.0 Å². The number of benzene rings is 2. The number of aromatic nitrogens is 4. The average molecular weight is 555 g/mol. The molecule has 0 aliphatic carbocycles. The minimum Gasteiger partial charge on any atom is -0.399 e. The van der Waals surface area contributed by atoms with Crippen molar-refractivity contribution in [3.05, 3.63) is 91.9 Å². The van der Waals surface area contributed by atoms with Crippen LogP contribution in [0, 0.1) is 11.6 Å². The molecule has 0 bridgehead atoms. The summed E-state index contributed by atoms with van der Waals surface area (Å²) in [6, 6.07) is 10.7. The van der Waals surface area contributed by atoms with Gasteiger partial charge in [0.1, 0.15) is 17.5 Å². The highest BCUT2D eigenvalue weighted by Crippen LogP contribution is 2.19. The SMILES string of the molecule is CCCn1c(=O)c2c(nc(Cc3ccc(F)cc3F)n2CCN(CC)CCO)n(CCc2ccc(N)cc2)c1=O. The summed E-state index contributed by atoms with van der Waals surface area (Å²) in [5, 5.41) is 9.44. The van der Waals surface area contributed by atoms with Crippen LogP contribution < -0.4 is 17.0 Å². The van der Waals surface area contributed by atoms with E-state index in [1.807, 2.05) is 30.9 Å². The fraction of sp³-hybridized carbons (Fsp3) is 0.414. The van der Waals surface area contributed by atoms with E-state index < -0.39 is 22.9 Å². The number of aryl methyl sites for hydroxylation is 2. The first kappa shape index (κ1) is 29.2. The van der Waals surface area contributed by atoms with Crippen molar-refractivity contribution in [3.63, 3.8) is 0 Å². The third kappa shape index (κ3) is 6.31. The largest absolute Gasteiger partial charge is 0.399 e. The zero-order valence-electron chi connectivity index (χ0n) is 22.9. The van der Waals surface area contributed by atoms with Crippen LogP contribution in [0.2, 0.25) is 0 Å². The average Bonchev–Trinajstić information content (AvgIpc) is 3.29. The molecule has 0 saturated carbocycles. The van der Waals surface area contributed by atoms with Gasteiger partial charge in [-0.1, -0.05) is 32.0 Å². The van der Waals surface area contributed by atoms with Crippen LogP contribution in [0.1, 0.15) is 37.2 Å². The molecule has 0 saturated heterocycles. The second-order valence-electron chi connectivity index (χ2n) is 9.80. The third-order valence-electron chi connectivity index (χ3n) is 7.11. The summed E-state index contributed by atoms with van der Waals surface area (Å²) in [6.45, 7) is 6.34. The van der Waals surface area contributed by atoms with Gasteiger partial charge < -0.3 is 15.4 Å². The summed E-state index contributed by atoms with van der Waals surface area (Å²) in [5.74, 6) is -0.998. The highest BCUT2D eigenvalue weighted by atomic mass is 19.1. The van der Waals surface area contributed by atoms with Crippen LogP contribution in [0.3, 0.4) is 0 Å². The number of hydrogen-bond acceptors (Lipinski definition) is 6. The molecule has 0 aliphatic rings. The number of nitrogen functional groups attached to an aromatic ring is 1. The van der Waals surface area contributed by atoms with E-state index in [0.29, 0.717) is 50.5 Å². The Morgan fingerprint density at radius 1 is 0.950 bits per heavy atom. The van der Waals surface area contributed by atoms with Crippen molar-refractivity contribution < 1.29 is 13.9 Å². The van der Waals surface area contributed by atoms with Crippen molar-refractivity contribution in [1.82, 2.24) is 23.6 Å². The number of imidazole rings is 1. The van der Waals surface area contributed by atoms with Gasteiger partial charge in [-0.15, -0.1) is 0 Å². The molecule has 2 aromatic carbocycles.